The summed E-state index contributed by atoms with van der Waals surface area (Å²) in [4.78, 5) is 4.08. The molecule has 9 heteroatoms. The van der Waals surface area contributed by atoms with Gasteiger partial charge in [-0.3, -0.25) is 0 Å². The Balaban J connectivity index is 2.22. The maximum Gasteiger partial charge on any atom is 0.153 e. The molecule has 0 aliphatic carbocycles. The van der Waals surface area contributed by atoms with E-state index in [-0.39, 0.29) is 29.6 Å². The molecule has 0 saturated heterocycles. The topological polar surface area (TPSA) is 120 Å². The van der Waals surface area contributed by atoms with Crippen molar-refractivity contribution in [2.24, 2.45) is 0 Å². The Hall–Kier alpha value is -3.17. The molecule has 1 aromatic carbocycles. The first kappa shape index (κ1) is 22.5. The standard InChI is InChI=1S/C22H19ClN4O3S/c1-14-21(17-5-3-15(8-24)4-6-17)19(9-25)20(13-31(2,29)30)27(14)11-16-7-18(12-28)22(23)26-10-16/h3-7,10,28H,11-13H2,1-2H3. The Morgan fingerprint density at radius 3 is 2.42 bits per heavy atom. The molecule has 31 heavy (non-hydrogen) atoms. The molecule has 0 spiro atoms. The number of nitriles is 2. The molecule has 2 aromatic heterocycles. The summed E-state index contributed by atoms with van der Waals surface area (Å²) in [6.45, 7) is 1.79. The fourth-order valence-corrected chi connectivity index (χ4v) is 4.48. The summed E-state index contributed by atoms with van der Waals surface area (Å²) >= 11 is 5.98. The van der Waals surface area contributed by atoms with Gasteiger partial charge in [-0.2, -0.15) is 10.5 Å². The first-order valence-corrected chi connectivity index (χ1v) is 11.7. The summed E-state index contributed by atoms with van der Waals surface area (Å²) in [7, 11) is -3.43. The predicted molar refractivity (Wildman–Crippen MR) is 117 cm³/mol. The monoisotopic (exact) mass is 454 g/mol. The van der Waals surface area contributed by atoms with Crippen molar-refractivity contribution in [3.05, 3.63) is 75.3 Å². The van der Waals surface area contributed by atoms with Crippen LogP contribution in [0.3, 0.4) is 0 Å². The molecule has 7 nitrogen and oxygen atoms in total. The molecule has 158 valence electrons. The lowest BCUT2D eigenvalue weighted by molar-refractivity contribution is 0.281. The third-order valence-corrected chi connectivity index (χ3v) is 6.06. The molecule has 3 rings (SSSR count). The van der Waals surface area contributed by atoms with Crippen LogP contribution in [-0.2, 0) is 28.7 Å². The molecule has 0 fully saturated rings. The first-order valence-electron chi connectivity index (χ1n) is 9.23. The third-order valence-electron chi connectivity index (χ3n) is 4.92. The SMILES string of the molecule is Cc1c(-c2ccc(C#N)cc2)c(C#N)c(CS(C)(=O)=O)n1Cc1cnc(Cl)c(CO)c1. The number of aliphatic hydroxyl groups excluding tert-OH is 1. The van der Waals surface area contributed by atoms with Crippen LogP contribution < -0.4 is 0 Å². The molecule has 0 unspecified atom stereocenters. The van der Waals surface area contributed by atoms with Gasteiger partial charge in [0.15, 0.2) is 9.84 Å². The first-order chi connectivity index (χ1) is 14.7. The second kappa shape index (κ2) is 8.91. The molecule has 0 aliphatic heterocycles. The van der Waals surface area contributed by atoms with Gasteiger partial charge in [0, 0.05) is 35.8 Å². The summed E-state index contributed by atoms with van der Waals surface area (Å²) in [6, 6.07) is 12.7. The smallest absolute Gasteiger partial charge is 0.153 e. The van der Waals surface area contributed by atoms with Crippen LogP contribution in [0.15, 0.2) is 36.5 Å². The van der Waals surface area contributed by atoms with E-state index < -0.39 is 9.84 Å². The average molecular weight is 455 g/mol. The normalized spacial score (nSPS) is 11.2. The van der Waals surface area contributed by atoms with E-state index in [1.54, 1.807) is 41.1 Å². The lowest BCUT2D eigenvalue weighted by Crippen LogP contribution is -2.12. The zero-order chi connectivity index (χ0) is 22.8. The van der Waals surface area contributed by atoms with E-state index in [1.807, 2.05) is 6.92 Å². The number of halogens is 1. The van der Waals surface area contributed by atoms with Crippen molar-refractivity contribution in [2.45, 2.75) is 25.8 Å². The Morgan fingerprint density at radius 2 is 1.87 bits per heavy atom. The summed E-state index contributed by atoms with van der Waals surface area (Å²) in [5.74, 6) is -0.305. The van der Waals surface area contributed by atoms with Crippen molar-refractivity contribution in [1.82, 2.24) is 9.55 Å². The molecular formula is C22H19ClN4O3S. The highest BCUT2D eigenvalue weighted by Gasteiger charge is 2.24. The van der Waals surface area contributed by atoms with Gasteiger partial charge in [-0.15, -0.1) is 0 Å². The van der Waals surface area contributed by atoms with E-state index >= 15 is 0 Å². The van der Waals surface area contributed by atoms with E-state index in [0.717, 1.165) is 6.26 Å². The number of hydrogen-bond acceptors (Lipinski definition) is 6. The van der Waals surface area contributed by atoms with Gasteiger partial charge in [0.1, 0.15) is 11.2 Å². The van der Waals surface area contributed by atoms with Crippen molar-refractivity contribution in [3.63, 3.8) is 0 Å². The predicted octanol–water partition coefficient (Wildman–Crippen LogP) is 3.34. The Labute approximate surface area is 185 Å². The van der Waals surface area contributed by atoms with E-state index in [4.69, 9.17) is 16.9 Å². The minimum absolute atomic E-state index is 0.197. The average Bonchev–Trinajstić information content (AvgIpc) is 2.98. The van der Waals surface area contributed by atoms with Crippen LogP contribution in [-0.4, -0.2) is 29.3 Å². The molecule has 1 N–H and O–H groups in total. The summed E-state index contributed by atoms with van der Waals surface area (Å²) in [5, 5.41) is 28.6. The highest BCUT2D eigenvalue weighted by molar-refractivity contribution is 7.89. The van der Waals surface area contributed by atoms with Crippen LogP contribution in [0.25, 0.3) is 11.1 Å². The van der Waals surface area contributed by atoms with Gasteiger partial charge in [0.25, 0.3) is 0 Å². The molecule has 0 saturated carbocycles. The third kappa shape index (κ3) is 4.78. The fraction of sp³-hybridized carbons (Fsp3) is 0.227. The summed E-state index contributed by atoms with van der Waals surface area (Å²) < 4.78 is 26.1. The number of hydrogen-bond donors (Lipinski definition) is 1. The van der Waals surface area contributed by atoms with Gasteiger partial charge in [-0.1, -0.05) is 23.7 Å². The number of aliphatic hydroxyl groups is 1. The highest BCUT2D eigenvalue weighted by Crippen LogP contribution is 2.34. The van der Waals surface area contributed by atoms with Crippen LogP contribution in [0.5, 0.6) is 0 Å². The van der Waals surface area contributed by atoms with Crippen LogP contribution in [0.2, 0.25) is 5.15 Å². The number of rotatable bonds is 6. The number of sulfone groups is 1. The summed E-state index contributed by atoms with van der Waals surface area (Å²) in [6.07, 6.45) is 2.68. The number of aromatic nitrogens is 2. The maximum atomic E-state index is 12.1. The molecule has 0 radical (unpaired) electrons. The number of nitrogens with zero attached hydrogens (tertiary/aromatic N) is 4. The minimum atomic E-state index is -3.43. The Morgan fingerprint density at radius 1 is 1.19 bits per heavy atom. The second-order valence-corrected chi connectivity index (χ2v) is 9.69. The van der Waals surface area contributed by atoms with Gasteiger partial charge < -0.3 is 9.67 Å². The Bertz CT molecular complexity index is 1330. The lowest BCUT2D eigenvalue weighted by Gasteiger charge is -2.13. The Kier molecular flexibility index (Phi) is 6.47. The van der Waals surface area contributed by atoms with Gasteiger partial charge >= 0.3 is 0 Å². The zero-order valence-corrected chi connectivity index (χ0v) is 18.5. The molecule has 3 aromatic rings. The quantitative estimate of drug-likeness (QED) is 0.570. The van der Waals surface area contributed by atoms with E-state index in [1.165, 1.54) is 0 Å². The van der Waals surface area contributed by atoms with Crippen molar-refractivity contribution in [1.29, 1.82) is 10.5 Å². The molecule has 0 aliphatic rings. The van der Waals surface area contributed by atoms with Crippen LogP contribution >= 0.6 is 11.6 Å². The second-order valence-electron chi connectivity index (χ2n) is 7.19. The van der Waals surface area contributed by atoms with Crippen molar-refractivity contribution in [2.75, 3.05) is 6.26 Å². The van der Waals surface area contributed by atoms with Gasteiger partial charge in [-0.25, -0.2) is 13.4 Å². The molecule has 0 amide bonds. The summed E-state index contributed by atoms with van der Waals surface area (Å²) in [5.41, 5.74) is 4.35. The van der Waals surface area contributed by atoms with Crippen molar-refractivity contribution < 1.29 is 13.5 Å². The van der Waals surface area contributed by atoms with Crippen LogP contribution in [0, 0.1) is 29.6 Å². The molecule has 0 bridgehead atoms. The lowest BCUT2D eigenvalue weighted by atomic mass is 10.00. The van der Waals surface area contributed by atoms with Crippen molar-refractivity contribution >= 4 is 21.4 Å². The van der Waals surface area contributed by atoms with Gasteiger partial charge in [0.2, 0.25) is 0 Å². The number of pyridine rings is 1. The zero-order valence-electron chi connectivity index (χ0n) is 16.9. The highest BCUT2D eigenvalue weighted by atomic mass is 35.5. The van der Waals surface area contributed by atoms with Crippen LogP contribution in [0.1, 0.15) is 33.6 Å². The van der Waals surface area contributed by atoms with Crippen LogP contribution in [0.4, 0.5) is 0 Å². The molecule has 2 heterocycles. The molecular weight excluding hydrogens is 436 g/mol. The van der Waals surface area contributed by atoms with E-state index in [9.17, 15) is 18.8 Å². The number of benzene rings is 1. The van der Waals surface area contributed by atoms with E-state index in [2.05, 4.69) is 17.1 Å². The van der Waals surface area contributed by atoms with Gasteiger partial charge in [-0.05, 0) is 36.2 Å². The minimum Gasteiger partial charge on any atom is -0.392 e. The maximum absolute atomic E-state index is 12.1. The largest absolute Gasteiger partial charge is 0.392 e. The van der Waals surface area contributed by atoms with Crippen molar-refractivity contribution in [3.8, 4) is 23.3 Å². The van der Waals surface area contributed by atoms with E-state index in [0.29, 0.717) is 39.2 Å². The fourth-order valence-electron chi connectivity index (χ4n) is 3.52. The molecule has 0 atom stereocenters. The van der Waals surface area contributed by atoms with Gasteiger partial charge in [0.05, 0.1) is 35.2 Å².